The van der Waals surface area contributed by atoms with Gasteiger partial charge in [-0.05, 0) is 31.5 Å². The van der Waals surface area contributed by atoms with E-state index >= 15 is 0 Å². The molecule has 0 amide bonds. The number of allylic oxidation sites excluding steroid dienone is 1. The molecule has 0 radical (unpaired) electrons. The molecule has 1 atom stereocenters. The number of hydrogen-bond acceptors (Lipinski definition) is 5. The molecule has 5 nitrogen and oxygen atoms in total. The van der Waals surface area contributed by atoms with Crippen LogP contribution in [-0.2, 0) is 11.0 Å². The van der Waals surface area contributed by atoms with Crippen LogP contribution in [0.5, 0.6) is 0 Å². The van der Waals surface area contributed by atoms with Gasteiger partial charge in [-0.15, -0.1) is 11.3 Å². The van der Waals surface area contributed by atoms with Gasteiger partial charge in [0.05, 0.1) is 17.3 Å². The zero-order chi connectivity index (χ0) is 21.5. The van der Waals surface area contributed by atoms with E-state index in [0.29, 0.717) is 10.6 Å². The fraction of sp³-hybridized carbons (Fsp3) is 0.278. The standard InChI is InChI=1S/C18H14Cl2F3N3O2S/c1-3-26-14(10-5-4-9(19)6-11(10)20)13(17(27)28)8(2)24-15(26)16-25-12(7-29-16)18(21,22)23/h4-7,14H,3H2,1-2H3,(H,27,28). The number of alkyl halides is 3. The van der Waals surface area contributed by atoms with Crippen LogP contribution in [0.15, 0.2) is 39.8 Å². The van der Waals surface area contributed by atoms with Crippen molar-refractivity contribution in [2.75, 3.05) is 6.54 Å². The molecule has 154 valence electrons. The Morgan fingerprint density at radius 3 is 2.55 bits per heavy atom. The first-order valence-corrected chi connectivity index (χ1v) is 9.95. The van der Waals surface area contributed by atoms with Gasteiger partial charge in [0, 0.05) is 22.0 Å². The van der Waals surface area contributed by atoms with Crippen molar-refractivity contribution in [3.05, 3.63) is 61.2 Å². The van der Waals surface area contributed by atoms with Gasteiger partial charge in [-0.3, -0.25) is 0 Å². The third-order valence-corrected chi connectivity index (χ3v) is 5.74. The number of rotatable bonds is 4. The maximum Gasteiger partial charge on any atom is 0.434 e. The number of aliphatic imine (C=N–C) groups is 1. The molecule has 2 aromatic rings. The number of aliphatic carboxylic acids is 1. The number of likely N-dealkylation sites (N-methyl/N-ethyl adjacent to an activating group) is 1. The first-order chi connectivity index (χ1) is 13.5. The summed E-state index contributed by atoms with van der Waals surface area (Å²) in [6.45, 7) is 3.49. The fourth-order valence-electron chi connectivity index (χ4n) is 3.09. The van der Waals surface area contributed by atoms with Crippen molar-refractivity contribution >= 4 is 46.3 Å². The van der Waals surface area contributed by atoms with Gasteiger partial charge in [0.25, 0.3) is 0 Å². The van der Waals surface area contributed by atoms with E-state index in [4.69, 9.17) is 23.2 Å². The maximum atomic E-state index is 13.0. The molecule has 0 saturated heterocycles. The summed E-state index contributed by atoms with van der Waals surface area (Å²) in [5.74, 6) is -1.04. The molecule has 1 unspecified atom stereocenters. The summed E-state index contributed by atoms with van der Waals surface area (Å²) < 4.78 is 39.0. The third kappa shape index (κ3) is 4.12. The average molecular weight is 464 g/mol. The lowest BCUT2D eigenvalue weighted by Gasteiger charge is -2.37. The number of benzene rings is 1. The van der Waals surface area contributed by atoms with Gasteiger partial charge >= 0.3 is 12.1 Å². The van der Waals surface area contributed by atoms with Gasteiger partial charge in [-0.25, -0.2) is 14.8 Å². The Labute approximate surface area is 178 Å². The molecule has 1 aliphatic heterocycles. The molecule has 0 saturated carbocycles. The molecule has 2 heterocycles. The van der Waals surface area contributed by atoms with E-state index in [-0.39, 0.29) is 33.7 Å². The highest BCUT2D eigenvalue weighted by molar-refractivity contribution is 7.11. The molecule has 3 rings (SSSR count). The molecule has 11 heteroatoms. The van der Waals surface area contributed by atoms with Crippen LogP contribution < -0.4 is 0 Å². The zero-order valence-corrected chi connectivity index (χ0v) is 17.4. The summed E-state index contributed by atoms with van der Waals surface area (Å²) in [5, 5.41) is 11.3. The number of carboxylic acid groups (broad SMARTS) is 1. The number of aromatic nitrogens is 1. The normalized spacial score (nSPS) is 17.6. The minimum Gasteiger partial charge on any atom is -0.478 e. The van der Waals surface area contributed by atoms with Crippen molar-refractivity contribution in [3.8, 4) is 0 Å². The van der Waals surface area contributed by atoms with Crippen LogP contribution in [-0.4, -0.2) is 33.3 Å². The summed E-state index contributed by atoms with van der Waals surface area (Å²) in [6, 6.07) is 3.78. The van der Waals surface area contributed by atoms with Crippen LogP contribution in [0.4, 0.5) is 13.2 Å². The zero-order valence-electron chi connectivity index (χ0n) is 15.1. The number of amidine groups is 1. The maximum absolute atomic E-state index is 13.0. The van der Waals surface area contributed by atoms with E-state index in [0.717, 1.165) is 16.7 Å². The SMILES string of the molecule is CCN1C(c2nc(C(F)(F)F)cs2)=NC(C)=C(C(=O)O)C1c1ccc(Cl)cc1Cl. The Hall–Kier alpha value is -2.10. The van der Waals surface area contributed by atoms with E-state index in [9.17, 15) is 23.1 Å². The van der Waals surface area contributed by atoms with E-state index in [1.807, 2.05) is 0 Å². The lowest BCUT2D eigenvalue weighted by Crippen LogP contribution is -2.41. The summed E-state index contributed by atoms with van der Waals surface area (Å²) in [7, 11) is 0. The van der Waals surface area contributed by atoms with Gasteiger partial charge in [-0.1, -0.05) is 29.3 Å². The number of carbonyl (C=O) groups is 1. The van der Waals surface area contributed by atoms with Crippen LogP contribution >= 0.6 is 34.5 Å². The Morgan fingerprint density at radius 1 is 1.34 bits per heavy atom. The van der Waals surface area contributed by atoms with Crippen molar-refractivity contribution in [3.63, 3.8) is 0 Å². The minimum atomic E-state index is -4.59. The molecule has 0 aliphatic carbocycles. The number of thiazole rings is 1. The fourth-order valence-corrected chi connectivity index (χ4v) is 4.43. The van der Waals surface area contributed by atoms with Crippen molar-refractivity contribution in [1.29, 1.82) is 0 Å². The third-order valence-electron chi connectivity index (χ3n) is 4.33. The molecule has 0 bridgehead atoms. The number of carboxylic acids is 1. The highest BCUT2D eigenvalue weighted by Crippen LogP contribution is 2.40. The second-order valence-corrected chi connectivity index (χ2v) is 7.83. The molecule has 29 heavy (non-hydrogen) atoms. The first kappa shape index (κ1) is 21.6. The summed E-state index contributed by atoms with van der Waals surface area (Å²) >= 11 is 13.1. The quantitative estimate of drug-likeness (QED) is 0.635. The molecule has 1 aromatic heterocycles. The molecule has 1 aliphatic rings. The minimum absolute atomic E-state index is 0.0209. The van der Waals surface area contributed by atoms with Crippen molar-refractivity contribution < 1.29 is 23.1 Å². The predicted molar refractivity (Wildman–Crippen MR) is 106 cm³/mol. The van der Waals surface area contributed by atoms with Crippen LogP contribution in [0.3, 0.4) is 0 Å². The van der Waals surface area contributed by atoms with E-state index in [1.54, 1.807) is 24.0 Å². The monoisotopic (exact) mass is 463 g/mol. The Bertz CT molecular complexity index is 1030. The van der Waals surface area contributed by atoms with Gasteiger partial charge < -0.3 is 10.0 Å². The average Bonchev–Trinajstić information content (AvgIpc) is 3.11. The van der Waals surface area contributed by atoms with Crippen molar-refractivity contribution in [2.45, 2.75) is 26.1 Å². The molecular weight excluding hydrogens is 450 g/mol. The Kier molecular flexibility index (Phi) is 5.93. The van der Waals surface area contributed by atoms with Gasteiger partial charge in [-0.2, -0.15) is 13.2 Å². The largest absolute Gasteiger partial charge is 0.478 e. The molecular formula is C18H14Cl2F3N3O2S. The van der Waals surface area contributed by atoms with Gasteiger partial charge in [0.1, 0.15) is 0 Å². The Balaban J connectivity index is 2.20. The van der Waals surface area contributed by atoms with Gasteiger partial charge in [0.2, 0.25) is 0 Å². The van der Waals surface area contributed by atoms with Crippen LogP contribution in [0.1, 0.15) is 36.2 Å². The van der Waals surface area contributed by atoms with Crippen LogP contribution in [0.25, 0.3) is 0 Å². The highest BCUT2D eigenvalue weighted by Gasteiger charge is 2.39. The predicted octanol–water partition coefficient (Wildman–Crippen LogP) is 5.65. The number of halogens is 5. The summed E-state index contributed by atoms with van der Waals surface area (Å²) in [4.78, 5) is 21.5. The van der Waals surface area contributed by atoms with Gasteiger partial charge in [0.15, 0.2) is 16.5 Å². The lowest BCUT2D eigenvalue weighted by atomic mass is 9.93. The number of hydrogen-bond donors (Lipinski definition) is 1. The topological polar surface area (TPSA) is 65.8 Å². The Morgan fingerprint density at radius 2 is 2.03 bits per heavy atom. The highest BCUT2D eigenvalue weighted by atomic mass is 35.5. The second kappa shape index (κ2) is 7.97. The van der Waals surface area contributed by atoms with Crippen molar-refractivity contribution in [2.24, 2.45) is 4.99 Å². The van der Waals surface area contributed by atoms with Crippen LogP contribution in [0.2, 0.25) is 10.0 Å². The first-order valence-electron chi connectivity index (χ1n) is 8.32. The van der Waals surface area contributed by atoms with Crippen molar-refractivity contribution in [1.82, 2.24) is 9.88 Å². The molecule has 0 fully saturated rings. The number of nitrogens with zero attached hydrogens (tertiary/aromatic N) is 3. The van der Waals surface area contributed by atoms with E-state index in [2.05, 4.69) is 9.98 Å². The summed E-state index contributed by atoms with van der Waals surface area (Å²) in [6.07, 6.45) is -4.59. The van der Waals surface area contributed by atoms with E-state index in [1.165, 1.54) is 13.0 Å². The molecule has 1 aromatic carbocycles. The van der Waals surface area contributed by atoms with Crippen LogP contribution in [0, 0.1) is 0 Å². The molecule has 1 N–H and O–H groups in total. The second-order valence-electron chi connectivity index (χ2n) is 6.13. The molecule has 0 spiro atoms. The van der Waals surface area contributed by atoms with E-state index < -0.39 is 23.9 Å². The summed E-state index contributed by atoms with van der Waals surface area (Å²) in [5.41, 5.74) is -0.429. The lowest BCUT2D eigenvalue weighted by molar-refractivity contribution is -0.140. The smallest absolute Gasteiger partial charge is 0.434 e.